The minimum Gasteiger partial charge on any atom is -0.469 e. The predicted molar refractivity (Wildman–Crippen MR) is 53.1 cm³/mol. The van der Waals surface area contributed by atoms with Crippen LogP contribution in [0.2, 0.25) is 0 Å². The van der Waals surface area contributed by atoms with Gasteiger partial charge in [-0.2, -0.15) is 0 Å². The first-order valence-corrected chi connectivity index (χ1v) is 4.37. The second-order valence-corrected chi connectivity index (χ2v) is 2.91. The SMILES string of the molecule is NCc1cccc(Oc2ccoc2)c1. The molecule has 2 N–H and O–H groups in total. The summed E-state index contributed by atoms with van der Waals surface area (Å²) in [6, 6.07) is 9.42. The molecule has 0 saturated heterocycles. The van der Waals surface area contributed by atoms with Gasteiger partial charge in [-0.1, -0.05) is 12.1 Å². The van der Waals surface area contributed by atoms with Gasteiger partial charge in [0.25, 0.3) is 0 Å². The van der Waals surface area contributed by atoms with Crippen molar-refractivity contribution in [2.75, 3.05) is 0 Å². The summed E-state index contributed by atoms with van der Waals surface area (Å²) >= 11 is 0. The van der Waals surface area contributed by atoms with Gasteiger partial charge in [-0.15, -0.1) is 0 Å². The average molecular weight is 189 g/mol. The number of furan rings is 1. The maximum Gasteiger partial charge on any atom is 0.165 e. The lowest BCUT2D eigenvalue weighted by Crippen LogP contribution is -1.95. The molecule has 0 aliphatic carbocycles. The van der Waals surface area contributed by atoms with Crippen LogP contribution in [0.3, 0.4) is 0 Å². The normalized spacial score (nSPS) is 10.1. The van der Waals surface area contributed by atoms with Gasteiger partial charge in [0.05, 0.1) is 6.26 Å². The Kier molecular flexibility index (Phi) is 2.51. The van der Waals surface area contributed by atoms with Crippen LogP contribution in [0, 0.1) is 0 Å². The monoisotopic (exact) mass is 189 g/mol. The summed E-state index contributed by atoms with van der Waals surface area (Å²) in [6.45, 7) is 0.516. The smallest absolute Gasteiger partial charge is 0.165 e. The van der Waals surface area contributed by atoms with Crippen molar-refractivity contribution in [3.05, 3.63) is 48.4 Å². The van der Waals surface area contributed by atoms with E-state index in [1.165, 1.54) is 0 Å². The summed E-state index contributed by atoms with van der Waals surface area (Å²) in [5.74, 6) is 1.47. The van der Waals surface area contributed by atoms with E-state index in [9.17, 15) is 0 Å². The molecule has 2 aromatic rings. The maximum atomic E-state index is 5.52. The van der Waals surface area contributed by atoms with Crippen LogP contribution in [-0.4, -0.2) is 0 Å². The average Bonchev–Trinajstić information content (AvgIpc) is 2.71. The van der Waals surface area contributed by atoms with E-state index in [4.69, 9.17) is 14.9 Å². The topological polar surface area (TPSA) is 48.4 Å². The molecule has 0 amide bonds. The summed E-state index contributed by atoms with van der Waals surface area (Å²) in [6.07, 6.45) is 3.12. The molecule has 0 aliphatic heterocycles. The third-order valence-corrected chi connectivity index (χ3v) is 1.86. The molecular formula is C11H11NO2. The number of benzene rings is 1. The second kappa shape index (κ2) is 3.98. The number of nitrogens with two attached hydrogens (primary N) is 1. The zero-order chi connectivity index (χ0) is 9.80. The van der Waals surface area contributed by atoms with Crippen molar-refractivity contribution in [2.24, 2.45) is 5.73 Å². The van der Waals surface area contributed by atoms with Gasteiger partial charge >= 0.3 is 0 Å². The van der Waals surface area contributed by atoms with E-state index in [0.717, 1.165) is 11.3 Å². The highest BCUT2D eigenvalue weighted by atomic mass is 16.5. The predicted octanol–water partition coefficient (Wildman–Crippen LogP) is 2.53. The van der Waals surface area contributed by atoms with Crippen LogP contribution < -0.4 is 10.5 Å². The Bertz CT molecular complexity index is 395. The van der Waals surface area contributed by atoms with Gasteiger partial charge in [-0.25, -0.2) is 0 Å². The molecule has 1 aromatic carbocycles. The van der Waals surface area contributed by atoms with Crippen LogP contribution in [0.25, 0.3) is 0 Å². The van der Waals surface area contributed by atoms with Gasteiger partial charge in [0.2, 0.25) is 0 Å². The van der Waals surface area contributed by atoms with Crippen LogP contribution in [0.15, 0.2) is 47.3 Å². The summed E-state index contributed by atoms with van der Waals surface area (Å²) in [5, 5.41) is 0. The van der Waals surface area contributed by atoms with E-state index in [0.29, 0.717) is 12.3 Å². The largest absolute Gasteiger partial charge is 0.469 e. The second-order valence-electron chi connectivity index (χ2n) is 2.91. The Morgan fingerprint density at radius 3 is 2.86 bits per heavy atom. The van der Waals surface area contributed by atoms with Crippen LogP contribution in [0.4, 0.5) is 0 Å². The van der Waals surface area contributed by atoms with Gasteiger partial charge in [0, 0.05) is 12.6 Å². The highest BCUT2D eigenvalue weighted by molar-refractivity contribution is 5.32. The number of hydrogen-bond acceptors (Lipinski definition) is 3. The third kappa shape index (κ3) is 1.95. The molecule has 3 nitrogen and oxygen atoms in total. The van der Waals surface area contributed by atoms with E-state index in [2.05, 4.69) is 0 Å². The number of hydrogen-bond donors (Lipinski definition) is 1. The minimum absolute atomic E-state index is 0.516. The van der Waals surface area contributed by atoms with Crippen LogP contribution in [-0.2, 0) is 6.54 Å². The molecule has 72 valence electrons. The van der Waals surface area contributed by atoms with E-state index in [1.54, 1.807) is 18.6 Å². The molecule has 2 rings (SSSR count). The minimum atomic E-state index is 0.516. The molecule has 0 bridgehead atoms. The van der Waals surface area contributed by atoms with Crippen molar-refractivity contribution in [3.8, 4) is 11.5 Å². The molecule has 1 aromatic heterocycles. The Balaban J connectivity index is 2.17. The lowest BCUT2D eigenvalue weighted by molar-refractivity contribution is 0.465. The quantitative estimate of drug-likeness (QED) is 0.807. The first-order valence-electron chi connectivity index (χ1n) is 4.37. The lowest BCUT2D eigenvalue weighted by atomic mass is 10.2. The lowest BCUT2D eigenvalue weighted by Gasteiger charge is -2.03. The molecule has 0 saturated carbocycles. The summed E-state index contributed by atoms with van der Waals surface area (Å²) in [4.78, 5) is 0. The number of ether oxygens (including phenoxy) is 1. The van der Waals surface area contributed by atoms with Crippen LogP contribution in [0.1, 0.15) is 5.56 Å². The van der Waals surface area contributed by atoms with E-state index in [-0.39, 0.29) is 0 Å². The van der Waals surface area contributed by atoms with Crippen molar-refractivity contribution in [3.63, 3.8) is 0 Å². The van der Waals surface area contributed by atoms with Gasteiger partial charge in [0.1, 0.15) is 12.0 Å². The molecule has 0 fully saturated rings. The zero-order valence-corrected chi connectivity index (χ0v) is 7.64. The van der Waals surface area contributed by atoms with E-state index < -0.39 is 0 Å². The highest BCUT2D eigenvalue weighted by Gasteiger charge is 1.98. The Labute approximate surface area is 82.1 Å². The molecule has 14 heavy (non-hydrogen) atoms. The summed E-state index contributed by atoms with van der Waals surface area (Å²) < 4.78 is 10.4. The summed E-state index contributed by atoms with van der Waals surface area (Å²) in [7, 11) is 0. The molecule has 1 heterocycles. The number of rotatable bonds is 3. The fourth-order valence-electron chi connectivity index (χ4n) is 1.18. The van der Waals surface area contributed by atoms with E-state index in [1.807, 2.05) is 24.3 Å². The first-order chi connectivity index (χ1) is 6.88. The Hall–Kier alpha value is -1.74. The van der Waals surface area contributed by atoms with Crippen LogP contribution in [0.5, 0.6) is 11.5 Å². The molecular weight excluding hydrogens is 178 g/mol. The standard InChI is InChI=1S/C11H11NO2/c12-7-9-2-1-3-10(6-9)14-11-4-5-13-8-11/h1-6,8H,7,12H2. The molecule has 0 spiro atoms. The third-order valence-electron chi connectivity index (χ3n) is 1.86. The molecule has 0 atom stereocenters. The fourth-order valence-corrected chi connectivity index (χ4v) is 1.18. The van der Waals surface area contributed by atoms with Gasteiger partial charge < -0.3 is 14.9 Å². The van der Waals surface area contributed by atoms with E-state index >= 15 is 0 Å². The zero-order valence-electron chi connectivity index (χ0n) is 7.64. The van der Waals surface area contributed by atoms with Crippen molar-refractivity contribution in [1.82, 2.24) is 0 Å². The van der Waals surface area contributed by atoms with Crippen LogP contribution >= 0.6 is 0 Å². The Morgan fingerprint density at radius 2 is 2.14 bits per heavy atom. The van der Waals surface area contributed by atoms with Crippen molar-refractivity contribution in [1.29, 1.82) is 0 Å². The molecule has 0 aliphatic rings. The molecule has 3 heteroatoms. The van der Waals surface area contributed by atoms with Gasteiger partial charge in [-0.05, 0) is 17.7 Å². The maximum absolute atomic E-state index is 5.52. The molecule has 0 radical (unpaired) electrons. The highest BCUT2D eigenvalue weighted by Crippen LogP contribution is 2.22. The Morgan fingerprint density at radius 1 is 1.21 bits per heavy atom. The van der Waals surface area contributed by atoms with Crippen molar-refractivity contribution >= 4 is 0 Å². The van der Waals surface area contributed by atoms with Gasteiger partial charge in [0.15, 0.2) is 5.75 Å². The van der Waals surface area contributed by atoms with Crippen molar-refractivity contribution < 1.29 is 9.15 Å². The fraction of sp³-hybridized carbons (Fsp3) is 0.0909. The summed E-state index contributed by atoms with van der Waals surface area (Å²) in [5.41, 5.74) is 6.57. The first kappa shape index (κ1) is 8.84. The molecule has 0 unspecified atom stereocenters. The van der Waals surface area contributed by atoms with Gasteiger partial charge in [-0.3, -0.25) is 0 Å². The van der Waals surface area contributed by atoms with Crippen molar-refractivity contribution in [2.45, 2.75) is 6.54 Å².